The minimum absolute atomic E-state index is 0.112. The monoisotopic (exact) mass is 436 g/mol. The molecule has 0 aliphatic carbocycles. The van der Waals surface area contributed by atoms with Crippen molar-refractivity contribution < 1.29 is 27.5 Å². The lowest BCUT2D eigenvalue weighted by Crippen LogP contribution is -2.32. The summed E-state index contributed by atoms with van der Waals surface area (Å²) < 4.78 is 31.1. The Kier molecular flexibility index (Phi) is 7.43. The first-order chi connectivity index (χ1) is 13.7. The van der Waals surface area contributed by atoms with Crippen molar-refractivity contribution in [3.8, 4) is 6.07 Å². The van der Waals surface area contributed by atoms with Gasteiger partial charge < -0.3 is 15.4 Å². The number of carbonyl (C=O) groups excluding carboxylic acids is 3. The maximum absolute atomic E-state index is 12.2. The van der Waals surface area contributed by atoms with Gasteiger partial charge in [-0.3, -0.25) is 14.4 Å². The number of esters is 1. The van der Waals surface area contributed by atoms with Crippen LogP contribution in [0.1, 0.15) is 12.5 Å². The van der Waals surface area contributed by atoms with E-state index in [4.69, 9.17) is 10.00 Å². The number of amides is 2. The minimum atomic E-state index is -3.99. The van der Waals surface area contributed by atoms with E-state index in [2.05, 4.69) is 15.4 Å². The van der Waals surface area contributed by atoms with Crippen molar-refractivity contribution in [3.63, 3.8) is 0 Å². The molecule has 0 radical (unpaired) electrons. The van der Waals surface area contributed by atoms with Gasteiger partial charge in [-0.2, -0.15) is 9.98 Å². The molecule has 12 heteroatoms. The van der Waals surface area contributed by atoms with Gasteiger partial charge in [0.1, 0.15) is 17.6 Å². The van der Waals surface area contributed by atoms with Crippen LogP contribution >= 0.6 is 11.3 Å². The fourth-order valence-electron chi connectivity index (χ4n) is 2.01. The summed E-state index contributed by atoms with van der Waals surface area (Å²) in [7, 11) is -3.99. The van der Waals surface area contributed by atoms with Crippen LogP contribution in [0.2, 0.25) is 0 Å². The van der Waals surface area contributed by atoms with Crippen LogP contribution in [0, 0.1) is 11.3 Å². The summed E-state index contributed by atoms with van der Waals surface area (Å²) in [4.78, 5) is 34.3. The number of nitrogens with zero attached hydrogens (tertiary/aromatic N) is 1. The minimum Gasteiger partial charge on any atom is -0.455 e. The van der Waals surface area contributed by atoms with E-state index in [0.717, 1.165) is 11.3 Å². The SMILES string of the molecule is CC(=O)Nc1ccc(S(=O)(=O)NCC(=O)OCC(=O)Nc2sccc2C#N)cc1. The Morgan fingerprint density at radius 3 is 2.45 bits per heavy atom. The van der Waals surface area contributed by atoms with Crippen molar-refractivity contribution in [2.24, 2.45) is 0 Å². The van der Waals surface area contributed by atoms with E-state index in [1.54, 1.807) is 5.38 Å². The van der Waals surface area contributed by atoms with Gasteiger partial charge in [-0.05, 0) is 35.7 Å². The number of ether oxygens (including phenoxy) is 1. The average Bonchev–Trinajstić information content (AvgIpc) is 3.12. The van der Waals surface area contributed by atoms with Crippen LogP contribution in [-0.4, -0.2) is 39.4 Å². The maximum atomic E-state index is 12.2. The van der Waals surface area contributed by atoms with E-state index in [1.807, 2.05) is 6.07 Å². The molecule has 0 atom stereocenters. The molecule has 10 nitrogen and oxygen atoms in total. The van der Waals surface area contributed by atoms with Crippen molar-refractivity contribution in [1.29, 1.82) is 5.26 Å². The molecule has 152 valence electrons. The lowest BCUT2D eigenvalue weighted by Gasteiger charge is -2.08. The van der Waals surface area contributed by atoms with Gasteiger partial charge in [0.05, 0.1) is 10.5 Å². The molecule has 1 aromatic carbocycles. The largest absolute Gasteiger partial charge is 0.455 e. The molecular weight excluding hydrogens is 420 g/mol. The molecule has 2 amide bonds. The summed E-state index contributed by atoms with van der Waals surface area (Å²) in [5, 5.41) is 15.7. The smallest absolute Gasteiger partial charge is 0.321 e. The van der Waals surface area contributed by atoms with Crippen molar-refractivity contribution in [2.45, 2.75) is 11.8 Å². The number of benzene rings is 1. The van der Waals surface area contributed by atoms with Gasteiger partial charge in [0.25, 0.3) is 5.91 Å². The van der Waals surface area contributed by atoms with E-state index in [1.165, 1.54) is 37.3 Å². The van der Waals surface area contributed by atoms with Crippen LogP contribution in [-0.2, 0) is 29.1 Å². The van der Waals surface area contributed by atoms with E-state index >= 15 is 0 Å². The van der Waals surface area contributed by atoms with Crippen molar-refractivity contribution in [3.05, 3.63) is 41.3 Å². The van der Waals surface area contributed by atoms with Crippen molar-refractivity contribution in [2.75, 3.05) is 23.8 Å². The summed E-state index contributed by atoms with van der Waals surface area (Å²) in [5.74, 6) is -1.91. The van der Waals surface area contributed by atoms with Crippen LogP contribution in [0.5, 0.6) is 0 Å². The van der Waals surface area contributed by atoms with Crippen LogP contribution in [0.25, 0.3) is 0 Å². The zero-order valence-electron chi connectivity index (χ0n) is 15.1. The second-order valence-electron chi connectivity index (χ2n) is 5.51. The molecule has 0 fully saturated rings. The van der Waals surface area contributed by atoms with E-state index in [-0.39, 0.29) is 16.4 Å². The highest BCUT2D eigenvalue weighted by atomic mass is 32.2. The molecule has 29 heavy (non-hydrogen) atoms. The normalized spacial score (nSPS) is 10.6. The third kappa shape index (κ3) is 6.68. The lowest BCUT2D eigenvalue weighted by atomic mass is 10.3. The predicted octanol–water partition coefficient (Wildman–Crippen LogP) is 1.04. The van der Waals surface area contributed by atoms with Crippen LogP contribution < -0.4 is 15.4 Å². The molecule has 0 spiro atoms. The van der Waals surface area contributed by atoms with Gasteiger partial charge in [0, 0.05) is 12.6 Å². The number of sulfonamides is 1. The van der Waals surface area contributed by atoms with Crippen LogP contribution in [0.4, 0.5) is 10.7 Å². The molecule has 0 unspecified atom stereocenters. The first-order valence-electron chi connectivity index (χ1n) is 8.01. The third-order valence-electron chi connectivity index (χ3n) is 3.29. The zero-order chi connectivity index (χ0) is 21.4. The van der Waals surface area contributed by atoms with E-state index in [9.17, 15) is 22.8 Å². The van der Waals surface area contributed by atoms with E-state index in [0.29, 0.717) is 10.7 Å². The van der Waals surface area contributed by atoms with Crippen LogP contribution in [0.3, 0.4) is 0 Å². The molecule has 1 aromatic heterocycles. The third-order valence-corrected chi connectivity index (χ3v) is 5.54. The Hall–Kier alpha value is -3.27. The van der Waals surface area contributed by atoms with Crippen molar-refractivity contribution >= 4 is 49.8 Å². The molecule has 2 aromatic rings. The Balaban J connectivity index is 1.82. The topological polar surface area (TPSA) is 154 Å². The Morgan fingerprint density at radius 2 is 1.83 bits per heavy atom. The molecule has 2 rings (SSSR count). The summed E-state index contributed by atoms with van der Waals surface area (Å²) in [5.41, 5.74) is 0.708. The molecular formula is C17H16N4O6S2. The maximum Gasteiger partial charge on any atom is 0.321 e. The fourth-order valence-corrected chi connectivity index (χ4v) is 3.73. The van der Waals surface area contributed by atoms with E-state index < -0.39 is 35.1 Å². The molecule has 0 aliphatic rings. The molecule has 0 saturated carbocycles. The lowest BCUT2D eigenvalue weighted by molar-refractivity contribution is -0.146. The summed E-state index contributed by atoms with van der Waals surface area (Å²) in [6.45, 7) is 0.0151. The number of hydrogen-bond acceptors (Lipinski definition) is 8. The number of nitriles is 1. The van der Waals surface area contributed by atoms with Gasteiger partial charge in [0.2, 0.25) is 15.9 Å². The number of carbonyl (C=O) groups is 3. The number of nitrogens with one attached hydrogen (secondary N) is 3. The Morgan fingerprint density at radius 1 is 1.14 bits per heavy atom. The molecule has 0 bridgehead atoms. The first-order valence-corrected chi connectivity index (χ1v) is 10.4. The zero-order valence-corrected chi connectivity index (χ0v) is 16.7. The fraction of sp³-hybridized carbons (Fsp3) is 0.176. The molecule has 1 heterocycles. The highest BCUT2D eigenvalue weighted by Gasteiger charge is 2.17. The first kappa shape index (κ1) is 22.0. The van der Waals surface area contributed by atoms with Crippen LogP contribution in [0.15, 0.2) is 40.6 Å². The van der Waals surface area contributed by atoms with Gasteiger partial charge in [0.15, 0.2) is 6.61 Å². The van der Waals surface area contributed by atoms with Gasteiger partial charge in [-0.25, -0.2) is 8.42 Å². The predicted molar refractivity (Wildman–Crippen MR) is 105 cm³/mol. The highest BCUT2D eigenvalue weighted by Crippen LogP contribution is 2.21. The summed E-state index contributed by atoms with van der Waals surface area (Å²) in [6, 6.07) is 8.76. The molecule has 3 N–H and O–H groups in total. The molecule has 0 saturated heterocycles. The number of rotatable bonds is 8. The summed E-state index contributed by atoms with van der Waals surface area (Å²) >= 11 is 1.14. The standard InChI is InChI=1S/C17H16N4O6S2/c1-11(22)20-13-2-4-14(5-3-13)29(25,26)19-9-16(24)27-10-15(23)21-17-12(8-18)6-7-28-17/h2-7,19H,9-10H2,1H3,(H,20,22)(H,21,23). The average molecular weight is 436 g/mol. The summed E-state index contributed by atoms with van der Waals surface area (Å²) in [6.07, 6.45) is 0. The Labute approximate surface area is 170 Å². The number of hydrogen-bond donors (Lipinski definition) is 3. The second kappa shape index (κ2) is 9.78. The number of anilines is 2. The van der Waals surface area contributed by atoms with Gasteiger partial charge >= 0.3 is 5.97 Å². The number of thiophene rings is 1. The molecule has 0 aliphatic heterocycles. The van der Waals surface area contributed by atoms with Crippen molar-refractivity contribution in [1.82, 2.24) is 4.72 Å². The van der Waals surface area contributed by atoms with Gasteiger partial charge in [-0.15, -0.1) is 11.3 Å². The quantitative estimate of drug-likeness (QED) is 0.522. The Bertz CT molecular complexity index is 1050. The highest BCUT2D eigenvalue weighted by molar-refractivity contribution is 7.89. The van der Waals surface area contributed by atoms with Gasteiger partial charge in [-0.1, -0.05) is 0 Å². The second-order valence-corrected chi connectivity index (χ2v) is 8.20.